The first-order valence-electron chi connectivity index (χ1n) is 7.97. The van der Waals surface area contributed by atoms with E-state index in [1.165, 1.54) is 31.3 Å². The van der Waals surface area contributed by atoms with E-state index in [0.717, 1.165) is 6.61 Å². The van der Waals surface area contributed by atoms with Gasteiger partial charge in [0.25, 0.3) is 0 Å². The molecule has 0 unspecified atom stereocenters. The van der Waals surface area contributed by atoms with Crippen molar-refractivity contribution in [2.75, 3.05) is 13.2 Å². The minimum atomic E-state index is -0.0502. The highest BCUT2D eigenvalue weighted by molar-refractivity contribution is 5.20. The molecule has 1 fully saturated rings. The van der Waals surface area contributed by atoms with Crippen LogP contribution < -0.4 is 0 Å². The van der Waals surface area contributed by atoms with Crippen molar-refractivity contribution in [3.05, 3.63) is 11.6 Å². The topological polar surface area (TPSA) is 29.5 Å². The second-order valence-corrected chi connectivity index (χ2v) is 6.75. The molecule has 2 heteroatoms. The number of fused-ring (bicyclic) bond motifs is 2. The van der Waals surface area contributed by atoms with Crippen LogP contribution in [0.1, 0.15) is 53.4 Å². The van der Waals surface area contributed by atoms with Gasteiger partial charge < -0.3 is 9.84 Å². The van der Waals surface area contributed by atoms with Gasteiger partial charge in [0, 0.05) is 11.3 Å². The SMILES string of the molecule is CCCCC[C@@H]1OC[C@]2(CO)[C@@H](C)C=C(C)[C@H]1[C@@H]2C. The number of allylic oxidation sites excluding steroid dienone is 1. The van der Waals surface area contributed by atoms with Gasteiger partial charge >= 0.3 is 0 Å². The fourth-order valence-electron chi connectivity index (χ4n) is 4.27. The smallest absolute Gasteiger partial charge is 0.0643 e. The Bertz CT molecular complexity index is 336. The Labute approximate surface area is 118 Å². The zero-order valence-corrected chi connectivity index (χ0v) is 13.0. The average molecular weight is 266 g/mol. The van der Waals surface area contributed by atoms with E-state index < -0.39 is 0 Å². The van der Waals surface area contributed by atoms with Crippen molar-refractivity contribution in [2.24, 2.45) is 23.2 Å². The molecule has 0 aromatic carbocycles. The Hall–Kier alpha value is -0.340. The molecular weight excluding hydrogens is 236 g/mol. The third-order valence-electron chi connectivity index (χ3n) is 5.74. The molecule has 2 aliphatic rings. The van der Waals surface area contributed by atoms with Crippen LogP contribution in [-0.4, -0.2) is 24.4 Å². The van der Waals surface area contributed by atoms with Gasteiger partial charge in [-0.3, -0.25) is 0 Å². The largest absolute Gasteiger partial charge is 0.396 e. The van der Waals surface area contributed by atoms with Gasteiger partial charge in [-0.05, 0) is 25.2 Å². The van der Waals surface area contributed by atoms with Crippen molar-refractivity contribution in [1.29, 1.82) is 0 Å². The zero-order chi connectivity index (χ0) is 14.0. The van der Waals surface area contributed by atoms with Crippen LogP contribution in [0, 0.1) is 23.2 Å². The molecule has 1 N–H and O–H groups in total. The highest BCUT2D eigenvalue weighted by Gasteiger charge is 2.52. The number of ether oxygens (including phenoxy) is 1. The molecule has 2 rings (SSSR count). The number of aliphatic hydroxyl groups is 1. The standard InChI is InChI=1S/C17H30O2/c1-5-6-7-8-15-16-12(2)9-13(3)17(10-18,11-19-15)14(16)4/h9,13-16,18H,5-8,10-11H2,1-4H3/t13-,14-,15-,16-,17+/m0/s1. The third-order valence-corrected chi connectivity index (χ3v) is 5.74. The minimum Gasteiger partial charge on any atom is -0.396 e. The maximum Gasteiger partial charge on any atom is 0.0643 e. The van der Waals surface area contributed by atoms with Crippen molar-refractivity contribution in [3.8, 4) is 0 Å². The molecule has 2 bridgehead atoms. The molecule has 19 heavy (non-hydrogen) atoms. The predicted octanol–water partition coefficient (Wildman–Crippen LogP) is 3.79. The van der Waals surface area contributed by atoms with Crippen LogP contribution in [0.15, 0.2) is 11.6 Å². The number of unbranched alkanes of at least 4 members (excludes halogenated alkanes) is 2. The van der Waals surface area contributed by atoms with Crippen LogP contribution in [0.2, 0.25) is 0 Å². The van der Waals surface area contributed by atoms with Gasteiger partial charge in [-0.15, -0.1) is 0 Å². The predicted molar refractivity (Wildman–Crippen MR) is 79.0 cm³/mol. The van der Waals surface area contributed by atoms with E-state index in [4.69, 9.17) is 4.74 Å². The maximum atomic E-state index is 9.91. The van der Waals surface area contributed by atoms with Crippen molar-refractivity contribution in [1.82, 2.24) is 0 Å². The highest BCUT2D eigenvalue weighted by atomic mass is 16.5. The molecule has 1 saturated heterocycles. The molecule has 2 nitrogen and oxygen atoms in total. The van der Waals surface area contributed by atoms with Gasteiger partial charge in [0.2, 0.25) is 0 Å². The molecule has 1 aliphatic carbocycles. The normalized spacial score (nSPS) is 42.1. The summed E-state index contributed by atoms with van der Waals surface area (Å²) >= 11 is 0. The van der Waals surface area contributed by atoms with Crippen LogP contribution in [0.4, 0.5) is 0 Å². The van der Waals surface area contributed by atoms with Crippen LogP contribution >= 0.6 is 0 Å². The summed E-state index contributed by atoms with van der Waals surface area (Å²) in [7, 11) is 0. The van der Waals surface area contributed by atoms with Crippen LogP contribution in [-0.2, 0) is 4.74 Å². The molecular formula is C17H30O2. The molecule has 0 amide bonds. The second-order valence-electron chi connectivity index (χ2n) is 6.75. The summed E-state index contributed by atoms with van der Waals surface area (Å²) in [5, 5.41) is 9.91. The summed E-state index contributed by atoms with van der Waals surface area (Å²) in [5.41, 5.74) is 1.43. The zero-order valence-electron chi connectivity index (χ0n) is 13.0. The minimum absolute atomic E-state index is 0.0502. The quantitative estimate of drug-likeness (QED) is 0.606. The fourth-order valence-corrected chi connectivity index (χ4v) is 4.27. The Morgan fingerprint density at radius 3 is 2.74 bits per heavy atom. The first-order chi connectivity index (χ1) is 9.06. The molecule has 0 saturated carbocycles. The molecule has 0 radical (unpaired) electrons. The van der Waals surface area contributed by atoms with Crippen LogP contribution in [0.25, 0.3) is 0 Å². The summed E-state index contributed by atoms with van der Waals surface area (Å²) in [4.78, 5) is 0. The Morgan fingerprint density at radius 1 is 1.37 bits per heavy atom. The lowest BCUT2D eigenvalue weighted by Crippen LogP contribution is -2.56. The van der Waals surface area contributed by atoms with E-state index in [9.17, 15) is 5.11 Å². The first kappa shape index (κ1) is 15.1. The number of hydrogen-bond acceptors (Lipinski definition) is 2. The van der Waals surface area contributed by atoms with Gasteiger partial charge in [0.15, 0.2) is 0 Å². The fraction of sp³-hybridized carbons (Fsp3) is 0.882. The lowest BCUT2D eigenvalue weighted by molar-refractivity contribution is -0.164. The summed E-state index contributed by atoms with van der Waals surface area (Å²) < 4.78 is 6.20. The molecule has 110 valence electrons. The van der Waals surface area contributed by atoms with E-state index in [1.807, 2.05) is 0 Å². The summed E-state index contributed by atoms with van der Waals surface area (Å²) in [6.07, 6.45) is 7.74. The third kappa shape index (κ3) is 2.50. The van der Waals surface area contributed by atoms with Gasteiger partial charge in [-0.1, -0.05) is 51.7 Å². The van der Waals surface area contributed by atoms with Crippen LogP contribution in [0.5, 0.6) is 0 Å². The van der Waals surface area contributed by atoms with Gasteiger partial charge in [-0.25, -0.2) is 0 Å². The lowest BCUT2D eigenvalue weighted by Gasteiger charge is -2.55. The molecule has 1 aliphatic heterocycles. The average Bonchev–Trinajstić information content (AvgIpc) is 2.38. The Morgan fingerprint density at radius 2 is 2.11 bits per heavy atom. The van der Waals surface area contributed by atoms with E-state index in [-0.39, 0.29) is 12.0 Å². The van der Waals surface area contributed by atoms with Crippen molar-refractivity contribution < 1.29 is 9.84 Å². The molecule has 5 atom stereocenters. The van der Waals surface area contributed by atoms with Gasteiger partial charge in [-0.2, -0.15) is 0 Å². The summed E-state index contributed by atoms with van der Waals surface area (Å²) in [6, 6.07) is 0. The van der Waals surface area contributed by atoms with E-state index >= 15 is 0 Å². The molecule has 0 spiro atoms. The molecule has 0 aromatic rings. The summed E-state index contributed by atoms with van der Waals surface area (Å²) in [5.74, 6) is 1.45. The highest BCUT2D eigenvalue weighted by Crippen LogP contribution is 2.52. The summed E-state index contributed by atoms with van der Waals surface area (Å²) in [6.45, 7) is 10.0. The maximum absolute atomic E-state index is 9.91. The van der Waals surface area contributed by atoms with E-state index in [0.29, 0.717) is 23.9 Å². The lowest BCUT2D eigenvalue weighted by atomic mass is 9.56. The monoisotopic (exact) mass is 266 g/mol. The molecule has 0 aromatic heterocycles. The molecule has 1 heterocycles. The van der Waals surface area contributed by atoms with E-state index in [1.54, 1.807) is 0 Å². The van der Waals surface area contributed by atoms with Gasteiger partial charge in [0.1, 0.15) is 0 Å². The van der Waals surface area contributed by atoms with Crippen molar-refractivity contribution in [2.45, 2.75) is 59.5 Å². The van der Waals surface area contributed by atoms with Crippen molar-refractivity contribution >= 4 is 0 Å². The Balaban J connectivity index is 2.17. The first-order valence-corrected chi connectivity index (χ1v) is 7.97. The second kappa shape index (κ2) is 5.97. The number of rotatable bonds is 5. The van der Waals surface area contributed by atoms with Crippen molar-refractivity contribution in [3.63, 3.8) is 0 Å². The Kier molecular flexibility index (Phi) is 4.73. The number of aliphatic hydroxyl groups excluding tert-OH is 1. The van der Waals surface area contributed by atoms with Crippen LogP contribution in [0.3, 0.4) is 0 Å². The van der Waals surface area contributed by atoms with Gasteiger partial charge in [0.05, 0.1) is 19.3 Å². The number of hydrogen-bond donors (Lipinski definition) is 1. The van der Waals surface area contributed by atoms with E-state index in [2.05, 4.69) is 33.8 Å².